The standard InChI is InChI=1S/C66H126O6/c1-4-7-10-13-16-19-22-24-26-27-28-29-30-31-32-33-34-35-36-37-38-39-40-41-43-44-47-50-53-56-59-65(68)71-62-63(61-70-64(67)58-55-52-49-46-21-18-15-12-9-6-3)72-66(69)60-57-54-51-48-45-42-25-23-20-17-14-11-8-5-2/h23,25,63H,4-22,24,26-62H2,1-3H3/b25-23-. The molecule has 0 radical (unpaired) electrons. The summed E-state index contributed by atoms with van der Waals surface area (Å²) < 4.78 is 16.9. The summed E-state index contributed by atoms with van der Waals surface area (Å²) in [6, 6.07) is 0. The van der Waals surface area contributed by atoms with Crippen LogP contribution >= 0.6 is 0 Å². The summed E-state index contributed by atoms with van der Waals surface area (Å²) in [6.45, 7) is 6.67. The van der Waals surface area contributed by atoms with Gasteiger partial charge in [-0.25, -0.2) is 0 Å². The third-order valence-corrected chi connectivity index (χ3v) is 15.0. The summed E-state index contributed by atoms with van der Waals surface area (Å²) in [5.41, 5.74) is 0. The van der Waals surface area contributed by atoms with Crippen LogP contribution < -0.4 is 0 Å². The summed E-state index contributed by atoms with van der Waals surface area (Å²) in [5.74, 6) is -0.852. The average molecular weight is 1020 g/mol. The third-order valence-electron chi connectivity index (χ3n) is 15.0. The number of hydrogen-bond acceptors (Lipinski definition) is 6. The van der Waals surface area contributed by atoms with Gasteiger partial charge in [-0.2, -0.15) is 0 Å². The summed E-state index contributed by atoms with van der Waals surface area (Å²) in [6.07, 6.45) is 72.5. The minimum Gasteiger partial charge on any atom is -0.462 e. The molecule has 6 heteroatoms. The zero-order valence-corrected chi connectivity index (χ0v) is 49.0. The van der Waals surface area contributed by atoms with Crippen LogP contribution in [-0.4, -0.2) is 37.2 Å². The topological polar surface area (TPSA) is 78.9 Å². The molecule has 0 aliphatic rings. The Balaban J connectivity index is 4.04. The predicted octanol–water partition coefficient (Wildman–Crippen LogP) is 22.1. The lowest BCUT2D eigenvalue weighted by Gasteiger charge is -2.18. The normalized spacial score (nSPS) is 12.0. The molecule has 0 aromatic rings. The number of unbranched alkanes of at least 4 members (excludes halogenated alkanes) is 48. The van der Waals surface area contributed by atoms with E-state index in [2.05, 4.69) is 32.9 Å². The van der Waals surface area contributed by atoms with Gasteiger partial charge in [-0.1, -0.05) is 322 Å². The number of esters is 3. The second-order valence-corrected chi connectivity index (χ2v) is 22.4. The van der Waals surface area contributed by atoms with Crippen LogP contribution in [0.15, 0.2) is 12.2 Å². The first-order valence-electron chi connectivity index (χ1n) is 32.7. The zero-order chi connectivity index (χ0) is 52.2. The number of rotatable bonds is 61. The molecule has 0 aromatic carbocycles. The van der Waals surface area contributed by atoms with Crippen LogP contribution in [0.4, 0.5) is 0 Å². The molecule has 0 heterocycles. The first-order valence-corrected chi connectivity index (χ1v) is 32.7. The van der Waals surface area contributed by atoms with Crippen molar-refractivity contribution in [2.75, 3.05) is 13.2 Å². The Hall–Kier alpha value is -1.85. The second kappa shape index (κ2) is 61.7. The monoisotopic (exact) mass is 1010 g/mol. The lowest BCUT2D eigenvalue weighted by molar-refractivity contribution is -0.167. The van der Waals surface area contributed by atoms with Crippen molar-refractivity contribution < 1.29 is 28.6 Å². The Labute approximate surface area is 450 Å². The van der Waals surface area contributed by atoms with Gasteiger partial charge in [-0.3, -0.25) is 14.4 Å². The van der Waals surface area contributed by atoms with E-state index in [4.69, 9.17) is 14.2 Å². The SMILES string of the molecule is CCCCCCC/C=C\CCCCCCCC(=O)OC(COC(=O)CCCCCCCCCCCC)COC(=O)CCCCCCCCCCCCCCCCCCCCCCCCCCCCCCCC. The van der Waals surface area contributed by atoms with Crippen molar-refractivity contribution >= 4 is 17.9 Å². The van der Waals surface area contributed by atoms with Gasteiger partial charge >= 0.3 is 17.9 Å². The molecule has 0 spiro atoms. The number of allylic oxidation sites excluding steroid dienone is 2. The first kappa shape index (κ1) is 70.1. The van der Waals surface area contributed by atoms with Gasteiger partial charge in [0.25, 0.3) is 0 Å². The molecule has 72 heavy (non-hydrogen) atoms. The third kappa shape index (κ3) is 59.0. The van der Waals surface area contributed by atoms with Gasteiger partial charge < -0.3 is 14.2 Å². The molecule has 0 saturated carbocycles. The maximum Gasteiger partial charge on any atom is 0.306 e. The molecule has 1 unspecified atom stereocenters. The van der Waals surface area contributed by atoms with Crippen LogP contribution in [0.25, 0.3) is 0 Å². The molecule has 0 aliphatic carbocycles. The summed E-state index contributed by atoms with van der Waals surface area (Å²) in [4.78, 5) is 38.1. The number of carbonyl (C=O) groups is 3. The fourth-order valence-corrected chi connectivity index (χ4v) is 10.1. The minimum atomic E-state index is -0.769. The van der Waals surface area contributed by atoms with Gasteiger partial charge in [0.1, 0.15) is 13.2 Å². The molecule has 0 N–H and O–H groups in total. The lowest BCUT2D eigenvalue weighted by atomic mass is 10.0. The number of hydrogen-bond donors (Lipinski definition) is 0. The number of carbonyl (C=O) groups excluding carboxylic acids is 3. The molecule has 1 atom stereocenters. The van der Waals surface area contributed by atoms with Crippen molar-refractivity contribution in [2.24, 2.45) is 0 Å². The molecule has 6 nitrogen and oxygen atoms in total. The summed E-state index contributed by atoms with van der Waals surface area (Å²) >= 11 is 0. The van der Waals surface area contributed by atoms with E-state index >= 15 is 0 Å². The van der Waals surface area contributed by atoms with E-state index < -0.39 is 6.10 Å². The maximum absolute atomic E-state index is 12.8. The van der Waals surface area contributed by atoms with Gasteiger partial charge in [-0.05, 0) is 44.9 Å². The van der Waals surface area contributed by atoms with Crippen LogP contribution in [0, 0.1) is 0 Å². The Kier molecular flexibility index (Phi) is 60.1. The first-order chi connectivity index (χ1) is 35.5. The van der Waals surface area contributed by atoms with Crippen LogP contribution in [0.2, 0.25) is 0 Å². The predicted molar refractivity (Wildman–Crippen MR) is 312 cm³/mol. The van der Waals surface area contributed by atoms with Gasteiger partial charge in [0, 0.05) is 19.3 Å². The van der Waals surface area contributed by atoms with Gasteiger partial charge in [0.05, 0.1) is 0 Å². The Morgan fingerprint density at radius 2 is 0.458 bits per heavy atom. The van der Waals surface area contributed by atoms with Crippen LogP contribution in [0.1, 0.15) is 374 Å². The molecule has 426 valence electrons. The van der Waals surface area contributed by atoms with Crippen molar-refractivity contribution in [3.63, 3.8) is 0 Å². The second-order valence-electron chi connectivity index (χ2n) is 22.4. The smallest absolute Gasteiger partial charge is 0.306 e. The Morgan fingerprint density at radius 1 is 0.264 bits per heavy atom. The molecule has 0 saturated heterocycles. The fourth-order valence-electron chi connectivity index (χ4n) is 10.1. The quantitative estimate of drug-likeness (QED) is 0.0261. The van der Waals surface area contributed by atoms with E-state index in [0.29, 0.717) is 19.3 Å². The zero-order valence-electron chi connectivity index (χ0n) is 49.0. The van der Waals surface area contributed by atoms with E-state index in [1.54, 1.807) is 0 Å². The highest BCUT2D eigenvalue weighted by molar-refractivity contribution is 5.71. The fraction of sp³-hybridized carbons (Fsp3) is 0.924. The van der Waals surface area contributed by atoms with Crippen molar-refractivity contribution in [2.45, 2.75) is 380 Å². The Bertz CT molecular complexity index is 1120. The maximum atomic E-state index is 12.8. The van der Waals surface area contributed by atoms with Crippen molar-refractivity contribution in [3.05, 3.63) is 12.2 Å². The van der Waals surface area contributed by atoms with Gasteiger partial charge in [0.15, 0.2) is 6.10 Å². The van der Waals surface area contributed by atoms with Gasteiger partial charge in [-0.15, -0.1) is 0 Å². The van der Waals surface area contributed by atoms with Crippen LogP contribution in [0.3, 0.4) is 0 Å². The molecule has 0 amide bonds. The molecule has 0 aromatic heterocycles. The van der Waals surface area contributed by atoms with Crippen LogP contribution in [0.5, 0.6) is 0 Å². The van der Waals surface area contributed by atoms with E-state index in [1.807, 2.05) is 0 Å². The molecule has 0 aliphatic heterocycles. The Morgan fingerprint density at radius 3 is 0.694 bits per heavy atom. The minimum absolute atomic E-state index is 0.0675. The molecular formula is C66H126O6. The van der Waals surface area contributed by atoms with Crippen molar-refractivity contribution in [1.29, 1.82) is 0 Å². The highest BCUT2D eigenvalue weighted by Gasteiger charge is 2.19. The van der Waals surface area contributed by atoms with Crippen LogP contribution in [-0.2, 0) is 28.6 Å². The molecule has 0 rings (SSSR count). The summed E-state index contributed by atoms with van der Waals surface area (Å²) in [5, 5.41) is 0. The lowest BCUT2D eigenvalue weighted by Crippen LogP contribution is -2.30. The molecule has 0 bridgehead atoms. The van der Waals surface area contributed by atoms with E-state index in [0.717, 1.165) is 64.2 Å². The molecular weight excluding hydrogens is 889 g/mol. The van der Waals surface area contributed by atoms with E-state index in [9.17, 15) is 14.4 Å². The van der Waals surface area contributed by atoms with E-state index in [1.165, 1.54) is 270 Å². The van der Waals surface area contributed by atoms with Gasteiger partial charge in [0.2, 0.25) is 0 Å². The summed E-state index contributed by atoms with van der Waals surface area (Å²) in [7, 11) is 0. The largest absolute Gasteiger partial charge is 0.462 e. The average Bonchev–Trinajstić information content (AvgIpc) is 3.38. The number of ether oxygens (including phenoxy) is 3. The molecule has 0 fully saturated rings. The van der Waals surface area contributed by atoms with Crippen molar-refractivity contribution in [1.82, 2.24) is 0 Å². The van der Waals surface area contributed by atoms with E-state index in [-0.39, 0.29) is 31.1 Å². The highest BCUT2D eigenvalue weighted by Crippen LogP contribution is 2.18. The highest BCUT2D eigenvalue weighted by atomic mass is 16.6. The van der Waals surface area contributed by atoms with Crippen molar-refractivity contribution in [3.8, 4) is 0 Å².